The number of alkyl halides is 3. The van der Waals surface area contributed by atoms with Gasteiger partial charge in [0.25, 0.3) is 11.8 Å². The molecule has 3 aromatic heterocycles. The van der Waals surface area contributed by atoms with E-state index in [1.165, 1.54) is 0 Å². The highest BCUT2D eigenvalue weighted by Gasteiger charge is 2.37. The zero-order valence-corrected chi connectivity index (χ0v) is 18.5. The van der Waals surface area contributed by atoms with Gasteiger partial charge in [-0.25, -0.2) is 4.98 Å². The Hall–Kier alpha value is -3.43. The van der Waals surface area contributed by atoms with Gasteiger partial charge in [-0.15, -0.1) is 0 Å². The summed E-state index contributed by atoms with van der Waals surface area (Å²) < 4.78 is 41.6. The van der Waals surface area contributed by atoms with Crippen molar-refractivity contribution in [3.63, 3.8) is 0 Å². The molecule has 0 saturated carbocycles. The minimum Gasteiger partial charge on any atom is -0.348 e. The number of amides is 2. The van der Waals surface area contributed by atoms with Gasteiger partial charge in [-0.3, -0.25) is 14.6 Å². The highest BCUT2D eigenvalue weighted by atomic mass is 19.4. The molecule has 7 nitrogen and oxygen atoms in total. The fraction of sp³-hybridized carbons (Fsp3) is 0.391. The first-order valence-corrected chi connectivity index (χ1v) is 10.6. The number of piperidine rings is 1. The number of carbonyl (C=O) groups excluding carboxylic acids is 2. The molecule has 1 N–H and O–H groups in total. The van der Waals surface area contributed by atoms with Gasteiger partial charge in [0.15, 0.2) is 0 Å². The Balaban J connectivity index is 1.46. The van der Waals surface area contributed by atoms with Gasteiger partial charge in [0.1, 0.15) is 11.3 Å². The zero-order chi connectivity index (χ0) is 23.9. The number of aromatic nitrogens is 3. The maximum absolute atomic E-state index is 13.2. The molecule has 174 valence electrons. The third-order valence-corrected chi connectivity index (χ3v) is 6.06. The van der Waals surface area contributed by atoms with Crippen molar-refractivity contribution in [3.8, 4) is 0 Å². The second-order valence-electron chi connectivity index (χ2n) is 8.50. The number of halogens is 3. The maximum Gasteiger partial charge on any atom is 0.418 e. The first kappa shape index (κ1) is 22.8. The lowest BCUT2D eigenvalue weighted by Crippen LogP contribution is -2.51. The second kappa shape index (κ2) is 8.49. The minimum absolute atomic E-state index is 0.131. The third-order valence-electron chi connectivity index (χ3n) is 6.06. The Morgan fingerprint density at radius 3 is 2.67 bits per heavy atom. The fourth-order valence-corrected chi connectivity index (χ4v) is 4.27. The van der Waals surface area contributed by atoms with Gasteiger partial charge in [-0.05, 0) is 49.9 Å². The quantitative estimate of drug-likeness (QED) is 0.649. The molecule has 0 bridgehead atoms. The zero-order valence-electron chi connectivity index (χ0n) is 18.5. The van der Waals surface area contributed by atoms with E-state index in [4.69, 9.17) is 0 Å². The lowest BCUT2D eigenvalue weighted by atomic mass is 9.93. The topological polar surface area (TPSA) is 79.6 Å². The second-order valence-corrected chi connectivity index (χ2v) is 8.50. The van der Waals surface area contributed by atoms with E-state index in [2.05, 4.69) is 15.3 Å². The summed E-state index contributed by atoms with van der Waals surface area (Å²) in [4.78, 5) is 35.4. The summed E-state index contributed by atoms with van der Waals surface area (Å²) in [5.41, 5.74) is 1.44. The highest BCUT2D eigenvalue weighted by molar-refractivity contribution is 5.95. The molecule has 4 heterocycles. The smallest absolute Gasteiger partial charge is 0.348 e. The van der Waals surface area contributed by atoms with Crippen LogP contribution in [0.25, 0.3) is 5.65 Å². The summed E-state index contributed by atoms with van der Waals surface area (Å²) in [6.07, 6.45) is 0.437. The van der Waals surface area contributed by atoms with Gasteiger partial charge in [0.2, 0.25) is 0 Å². The highest BCUT2D eigenvalue weighted by Crippen LogP contribution is 2.31. The van der Waals surface area contributed by atoms with Gasteiger partial charge in [0.05, 0.1) is 11.1 Å². The van der Waals surface area contributed by atoms with Crippen LogP contribution in [-0.2, 0) is 6.18 Å². The van der Waals surface area contributed by atoms with Crippen LogP contribution < -0.4 is 5.32 Å². The fourth-order valence-electron chi connectivity index (χ4n) is 4.27. The van der Waals surface area contributed by atoms with E-state index < -0.39 is 23.3 Å². The number of nitrogens with zero attached hydrogens (tertiary/aromatic N) is 4. The number of rotatable bonds is 3. The molecular weight excluding hydrogens is 435 g/mol. The molecule has 33 heavy (non-hydrogen) atoms. The number of carbonyl (C=O) groups is 2. The molecule has 4 rings (SSSR count). The van der Waals surface area contributed by atoms with Crippen molar-refractivity contribution in [1.82, 2.24) is 24.6 Å². The van der Waals surface area contributed by atoms with E-state index in [1.807, 2.05) is 31.2 Å². The van der Waals surface area contributed by atoms with E-state index in [9.17, 15) is 22.8 Å². The number of aryl methyl sites for hydroxylation is 2. The van der Waals surface area contributed by atoms with Crippen LogP contribution in [0.2, 0.25) is 0 Å². The number of nitrogens with one attached hydrogen (secondary N) is 1. The van der Waals surface area contributed by atoms with E-state index >= 15 is 0 Å². The van der Waals surface area contributed by atoms with Crippen molar-refractivity contribution in [2.75, 3.05) is 13.1 Å². The summed E-state index contributed by atoms with van der Waals surface area (Å²) >= 11 is 0. The van der Waals surface area contributed by atoms with Crippen molar-refractivity contribution in [2.24, 2.45) is 5.92 Å². The first-order chi connectivity index (χ1) is 15.6. The first-order valence-electron chi connectivity index (χ1n) is 10.6. The SMILES string of the molecule is Cc1cc(C(=O)N2CC[C@@H](NC(=O)c3ncccc3C(F)(F)F)[C@@H](C)C2)cn2c(C)cnc12. The molecule has 0 aliphatic carbocycles. The van der Waals surface area contributed by atoms with Crippen LogP contribution in [-0.4, -0.2) is 50.2 Å². The molecule has 0 spiro atoms. The van der Waals surface area contributed by atoms with Crippen molar-refractivity contribution in [1.29, 1.82) is 0 Å². The average Bonchev–Trinajstić information content (AvgIpc) is 3.15. The molecule has 3 aromatic rings. The van der Waals surface area contributed by atoms with Gasteiger partial charge < -0.3 is 14.6 Å². The number of imidazole rings is 1. The molecule has 2 atom stereocenters. The Labute approximate surface area is 188 Å². The van der Waals surface area contributed by atoms with Gasteiger partial charge >= 0.3 is 6.18 Å². The molecule has 1 saturated heterocycles. The van der Waals surface area contributed by atoms with E-state index in [1.54, 1.807) is 17.3 Å². The van der Waals surface area contributed by atoms with E-state index in [-0.39, 0.29) is 17.9 Å². The molecule has 10 heteroatoms. The lowest BCUT2D eigenvalue weighted by molar-refractivity contribution is -0.138. The predicted octanol–water partition coefficient (Wildman–Crippen LogP) is 3.65. The number of hydrogen-bond donors (Lipinski definition) is 1. The summed E-state index contributed by atoms with van der Waals surface area (Å²) in [7, 11) is 0. The van der Waals surface area contributed by atoms with Crippen molar-refractivity contribution in [3.05, 3.63) is 64.9 Å². The number of pyridine rings is 2. The number of likely N-dealkylation sites (tertiary alicyclic amines) is 1. The van der Waals surface area contributed by atoms with Crippen LogP contribution in [0.5, 0.6) is 0 Å². The molecule has 0 aromatic carbocycles. The van der Waals surface area contributed by atoms with Crippen molar-refractivity contribution < 1.29 is 22.8 Å². The van der Waals surface area contributed by atoms with Gasteiger partial charge in [-0.1, -0.05) is 6.92 Å². The maximum atomic E-state index is 13.2. The Morgan fingerprint density at radius 1 is 1.21 bits per heavy atom. The average molecular weight is 459 g/mol. The molecule has 1 aliphatic rings. The van der Waals surface area contributed by atoms with E-state index in [0.29, 0.717) is 25.1 Å². The number of hydrogen-bond acceptors (Lipinski definition) is 4. The van der Waals surface area contributed by atoms with Crippen LogP contribution >= 0.6 is 0 Å². The number of fused-ring (bicyclic) bond motifs is 1. The summed E-state index contributed by atoms with van der Waals surface area (Å²) in [6.45, 7) is 6.42. The molecule has 1 aliphatic heterocycles. The molecular formula is C23H24F3N5O2. The van der Waals surface area contributed by atoms with Crippen molar-refractivity contribution >= 4 is 17.5 Å². The standard InChI is InChI=1S/C23H24F3N5O2/c1-13-9-16(12-31-15(3)10-28-20(13)31)22(33)30-8-6-18(14(2)11-30)29-21(32)19-17(23(24,25)26)5-4-7-27-19/h4-5,7,9-10,12,14,18H,6,8,11H2,1-3H3,(H,29,32)/t14-,18+/m0/s1. The molecule has 1 fully saturated rings. The van der Waals surface area contributed by atoms with Crippen LogP contribution in [0.3, 0.4) is 0 Å². The monoisotopic (exact) mass is 459 g/mol. The summed E-state index contributed by atoms with van der Waals surface area (Å²) in [5.74, 6) is -1.14. The van der Waals surface area contributed by atoms with Crippen LogP contribution in [0.4, 0.5) is 13.2 Å². The largest absolute Gasteiger partial charge is 0.418 e. The minimum atomic E-state index is -4.67. The Bertz CT molecular complexity index is 1220. The van der Waals surface area contributed by atoms with E-state index in [0.717, 1.165) is 35.2 Å². The normalized spacial score (nSPS) is 19.0. The third kappa shape index (κ3) is 4.42. The molecule has 2 amide bonds. The lowest BCUT2D eigenvalue weighted by Gasteiger charge is -2.37. The molecule has 0 unspecified atom stereocenters. The Morgan fingerprint density at radius 2 is 1.97 bits per heavy atom. The Kier molecular flexibility index (Phi) is 5.85. The van der Waals surface area contributed by atoms with Crippen molar-refractivity contribution in [2.45, 2.75) is 39.4 Å². The molecule has 0 radical (unpaired) electrons. The summed E-state index contributed by atoms with van der Waals surface area (Å²) in [6, 6.07) is 3.43. The predicted molar refractivity (Wildman–Crippen MR) is 115 cm³/mol. The van der Waals surface area contributed by atoms with Crippen LogP contribution in [0.1, 0.15) is 51.0 Å². The van der Waals surface area contributed by atoms with Gasteiger partial charge in [0, 0.05) is 43.4 Å². The van der Waals surface area contributed by atoms with Crippen LogP contribution in [0.15, 0.2) is 36.8 Å². The van der Waals surface area contributed by atoms with Gasteiger partial charge in [-0.2, -0.15) is 13.2 Å². The van der Waals surface area contributed by atoms with Crippen LogP contribution in [0, 0.1) is 19.8 Å². The summed E-state index contributed by atoms with van der Waals surface area (Å²) in [5, 5.41) is 2.68.